The monoisotopic (exact) mass is 297 g/mol. The summed E-state index contributed by atoms with van der Waals surface area (Å²) >= 11 is 1.57. The quantitative estimate of drug-likeness (QED) is 0.539. The number of rotatable bonds is 3. The fraction of sp³-hybridized carbons (Fsp3) is 0.0667. The van der Waals surface area contributed by atoms with Gasteiger partial charge in [0.2, 0.25) is 0 Å². The lowest BCUT2D eigenvalue weighted by Crippen LogP contribution is -1.88. The van der Waals surface area contributed by atoms with Crippen molar-refractivity contribution in [2.24, 2.45) is 0 Å². The summed E-state index contributed by atoms with van der Waals surface area (Å²) in [5, 5.41) is 11.5. The summed E-state index contributed by atoms with van der Waals surface area (Å²) in [6, 6.07) is 12.1. The molecule has 0 aliphatic carbocycles. The summed E-state index contributed by atoms with van der Waals surface area (Å²) in [6.45, 7) is 1.99. The Labute approximate surface area is 125 Å². The highest BCUT2D eigenvalue weighted by atomic mass is 32.1. The minimum absolute atomic E-state index is 0.0802. The first-order chi connectivity index (χ1) is 10.1. The number of thiazole rings is 1. The number of nitrogens with zero attached hydrogens (tertiary/aromatic N) is 3. The Morgan fingerprint density at radius 3 is 2.52 bits per heavy atom. The van der Waals surface area contributed by atoms with Crippen LogP contribution >= 0.6 is 11.3 Å². The van der Waals surface area contributed by atoms with E-state index in [0.29, 0.717) is 0 Å². The standard InChI is InChI=1S/C15H11N3O2S/c1-10-14(11-5-7-12(8-6-11)18(19)20)17-15(21-10)13-4-2-3-9-16-13/h2-9H,1H3. The van der Waals surface area contributed by atoms with Crippen LogP contribution in [0.2, 0.25) is 0 Å². The molecule has 1 aromatic carbocycles. The number of nitro benzene ring substituents is 1. The second-order valence-corrected chi connectivity index (χ2v) is 5.65. The van der Waals surface area contributed by atoms with Crippen molar-refractivity contribution >= 4 is 17.0 Å². The molecule has 0 radical (unpaired) electrons. The largest absolute Gasteiger partial charge is 0.269 e. The molecule has 0 unspecified atom stereocenters. The van der Waals surface area contributed by atoms with Crippen molar-refractivity contribution in [3.63, 3.8) is 0 Å². The van der Waals surface area contributed by atoms with E-state index in [0.717, 1.165) is 26.8 Å². The average Bonchev–Trinajstić information content (AvgIpc) is 2.90. The molecule has 0 N–H and O–H groups in total. The zero-order valence-corrected chi connectivity index (χ0v) is 12.0. The number of aryl methyl sites for hydroxylation is 1. The Kier molecular flexibility index (Phi) is 3.45. The Morgan fingerprint density at radius 2 is 1.90 bits per heavy atom. The van der Waals surface area contributed by atoms with Gasteiger partial charge in [-0.15, -0.1) is 11.3 Å². The molecule has 0 bridgehead atoms. The molecule has 104 valence electrons. The van der Waals surface area contributed by atoms with Gasteiger partial charge in [-0.2, -0.15) is 0 Å². The van der Waals surface area contributed by atoms with Crippen LogP contribution in [-0.2, 0) is 0 Å². The number of hydrogen-bond acceptors (Lipinski definition) is 5. The van der Waals surface area contributed by atoms with Crippen molar-refractivity contribution in [3.05, 3.63) is 63.7 Å². The van der Waals surface area contributed by atoms with E-state index in [1.54, 1.807) is 29.7 Å². The van der Waals surface area contributed by atoms with Crippen molar-refractivity contribution < 1.29 is 4.92 Å². The molecule has 0 aliphatic rings. The summed E-state index contributed by atoms with van der Waals surface area (Å²) in [5.41, 5.74) is 2.63. The Morgan fingerprint density at radius 1 is 1.14 bits per heavy atom. The normalized spacial score (nSPS) is 10.5. The lowest BCUT2D eigenvalue weighted by atomic mass is 10.1. The van der Waals surface area contributed by atoms with Crippen LogP contribution < -0.4 is 0 Å². The van der Waals surface area contributed by atoms with Gasteiger partial charge in [-0.05, 0) is 31.2 Å². The molecule has 0 atom stereocenters. The van der Waals surface area contributed by atoms with Gasteiger partial charge >= 0.3 is 0 Å². The van der Waals surface area contributed by atoms with Gasteiger partial charge in [-0.1, -0.05) is 6.07 Å². The van der Waals surface area contributed by atoms with Gasteiger partial charge in [0, 0.05) is 28.8 Å². The number of aromatic nitrogens is 2. The molecular weight excluding hydrogens is 286 g/mol. The van der Waals surface area contributed by atoms with Crippen LogP contribution in [0.25, 0.3) is 22.0 Å². The lowest BCUT2D eigenvalue weighted by molar-refractivity contribution is -0.384. The first kappa shape index (κ1) is 13.4. The second kappa shape index (κ2) is 5.41. The van der Waals surface area contributed by atoms with E-state index in [9.17, 15) is 10.1 Å². The Bertz CT molecular complexity index is 782. The van der Waals surface area contributed by atoms with E-state index in [2.05, 4.69) is 9.97 Å². The van der Waals surface area contributed by atoms with Crippen LogP contribution in [0.15, 0.2) is 48.7 Å². The number of benzene rings is 1. The maximum atomic E-state index is 10.7. The van der Waals surface area contributed by atoms with Crippen LogP contribution in [0, 0.1) is 17.0 Å². The van der Waals surface area contributed by atoms with Gasteiger partial charge in [0.25, 0.3) is 5.69 Å². The third kappa shape index (κ3) is 2.66. The fourth-order valence-corrected chi connectivity index (χ4v) is 2.92. The molecule has 0 spiro atoms. The first-order valence-electron chi connectivity index (χ1n) is 6.29. The van der Waals surface area contributed by atoms with E-state index in [1.165, 1.54) is 12.1 Å². The van der Waals surface area contributed by atoms with E-state index >= 15 is 0 Å². The maximum Gasteiger partial charge on any atom is 0.269 e. The highest BCUT2D eigenvalue weighted by molar-refractivity contribution is 7.15. The predicted molar refractivity (Wildman–Crippen MR) is 82.2 cm³/mol. The van der Waals surface area contributed by atoms with E-state index in [1.807, 2.05) is 25.1 Å². The van der Waals surface area contributed by atoms with Crippen molar-refractivity contribution in [2.45, 2.75) is 6.92 Å². The van der Waals surface area contributed by atoms with Crippen LogP contribution in [0.5, 0.6) is 0 Å². The molecule has 3 aromatic rings. The zero-order valence-electron chi connectivity index (χ0n) is 11.2. The van der Waals surface area contributed by atoms with Crippen molar-refractivity contribution in [2.75, 3.05) is 0 Å². The molecule has 0 amide bonds. The zero-order chi connectivity index (χ0) is 14.8. The van der Waals surface area contributed by atoms with Crippen molar-refractivity contribution in [1.29, 1.82) is 0 Å². The summed E-state index contributed by atoms with van der Waals surface area (Å²) < 4.78 is 0. The molecule has 5 nitrogen and oxygen atoms in total. The fourth-order valence-electron chi connectivity index (χ4n) is 2.00. The highest BCUT2D eigenvalue weighted by Gasteiger charge is 2.13. The first-order valence-corrected chi connectivity index (χ1v) is 7.10. The number of pyridine rings is 1. The number of nitro groups is 1. The van der Waals surface area contributed by atoms with Gasteiger partial charge in [-0.3, -0.25) is 15.1 Å². The van der Waals surface area contributed by atoms with Gasteiger partial charge in [0.05, 0.1) is 16.3 Å². The summed E-state index contributed by atoms with van der Waals surface area (Å²) in [6.07, 6.45) is 1.73. The lowest BCUT2D eigenvalue weighted by Gasteiger charge is -1.98. The maximum absolute atomic E-state index is 10.7. The molecule has 0 saturated heterocycles. The number of non-ortho nitro benzene ring substituents is 1. The van der Waals surface area contributed by atoms with Crippen molar-refractivity contribution in [3.8, 4) is 22.0 Å². The minimum atomic E-state index is -0.406. The summed E-state index contributed by atoms with van der Waals surface area (Å²) in [7, 11) is 0. The average molecular weight is 297 g/mol. The summed E-state index contributed by atoms with van der Waals surface area (Å²) in [4.78, 5) is 20.2. The third-order valence-corrected chi connectivity index (χ3v) is 4.03. The highest BCUT2D eigenvalue weighted by Crippen LogP contribution is 2.32. The molecular formula is C15H11N3O2S. The molecule has 21 heavy (non-hydrogen) atoms. The number of hydrogen-bond donors (Lipinski definition) is 0. The van der Waals surface area contributed by atoms with E-state index < -0.39 is 4.92 Å². The van der Waals surface area contributed by atoms with Gasteiger partial charge in [-0.25, -0.2) is 4.98 Å². The SMILES string of the molecule is Cc1sc(-c2ccccn2)nc1-c1ccc([N+](=O)[O-])cc1. The van der Waals surface area contributed by atoms with Gasteiger partial charge in [0.15, 0.2) is 0 Å². The van der Waals surface area contributed by atoms with E-state index in [-0.39, 0.29) is 5.69 Å². The van der Waals surface area contributed by atoms with E-state index in [4.69, 9.17) is 0 Å². The van der Waals surface area contributed by atoms with Gasteiger partial charge in [0.1, 0.15) is 5.01 Å². The topological polar surface area (TPSA) is 68.9 Å². The minimum Gasteiger partial charge on any atom is -0.258 e. The molecule has 0 fully saturated rings. The predicted octanol–water partition coefficient (Wildman–Crippen LogP) is 4.09. The van der Waals surface area contributed by atoms with Gasteiger partial charge < -0.3 is 0 Å². The molecule has 0 aliphatic heterocycles. The molecule has 2 heterocycles. The van der Waals surface area contributed by atoms with Crippen LogP contribution in [-0.4, -0.2) is 14.9 Å². The summed E-state index contributed by atoms with van der Waals surface area (Å²) in [5.74, 6) is 0. The smallest absolute Gasteiger partial charge is 0.258 e. The van der Waals surface area contributed by atoms with Crippen molar-refractivity contribution in [1.82, 2.24) is 9.97 Å². The Hall–Kier alpha value is -2.60. The van der Waals surface area contributed by atoms with Crippen LogP contribution in [0.4, 0.5) is 5.69 Å². The third-order valence-electron chi connectivity index (χ3n) is 3.03. The molecule has 3 rings (SSSR count). The Balaban J connectivity index is 2.00. The van der Waals surface area contributed by atoms with Crippen LogP contribution in [0.3, 0.4) is 0 Å². The molecule has 2 aromatic heterocycles. The van der Waals surface area contributed by atoms with Crippen LogP contribution in [0.1, 0.15) is 4.88 Å². The molecule has 0 saturated carbocycles. The molecule has 6 heteroatoms. The second-order valence-electron chi connectivity index (χ2n) is 4.44.